The Morgan fingerprint density at radius 2 is 2.29 bits per heavy atom. The fraction of sp³-hybridized carbons (Fsp3) is 1.00. The van der Waals surface area contributed by atoms with Crippen molar-refractivity contribution >= 4 is 25.2 Å². The van der Waals surface area contributed by atoms with Gasteiger partial charge in [0.1, 0.15) is 0 Å². The molecule has 0 aliphatic carbocycles. The molecule has 0 aromatic carbocycles. The molecule has 1 rings (SSSR count). The Kier molecular flexibility index (Phi) is 4.82. The van der Waals surface area contributed by atoms with E-state index in [0.29, 0.717) is 0 Å². The van der Waals surface area contributed by atoms with Crippen LogP contribution in [0.4, 0.5) is 0 Å². The van der Waals surface area contributed by atoms with Gasteiger partial charge in [-0.15, -0.1) is 0 Å². The van der Waals surface area contributed by atoms with Crippen molar-refractivity contribution in [2.75, 3.05) is 6.66 Å². The van der Waals surface area contributed by atoms with Gasteiger partial charge >= 0.3 is 103 Å². The van der Waals surface area contributed by atoms with E-state index in [0.717, 1.165) is 6.42 Å². The maximum absolute atomic E-state index is 6.35. The Morgan fingerprint density at radius 3 is 2.71 bits per heavy atom. The van der Waals surface area contributed by atoms with Crippen molar-refractivity contribution in [2.45, 2.75) is 43.4 Å². The number of halogens is 1. The van der Waals surface area contributed by atoms with Gasteiger partial charge in [0.25, 0.3) is 0 Å². The van der Waals surface area contributed by atoms with Crippen LogP contribution in [0.15, 0.2) is 0 Å². The third-order valence-electron chi connectivity index (χ3n) is 2.44. The summed E-state index contributed by atoms with van der Waals surface area (Å²) in [5.41, 5.74) is 0. The molecule has 14 heavy (non-hydrogen) atoms. The van der Waals surface area contributed by atoms with E-state index < -0.39 is 10.9 Å². The molecule has 5 atom stereocenters. The number of ether oxygens (including phenoxy) is 1. The topological polar surface area (TPSA) is 18.5 Å². The van der Waals surface area contributed by atoms with E-state index in [4.69, 9.17) is 28.7 Å². The number of hydrogen-bond acceptors (Lipinski definition) is 2. The number of hydrogen-bond donors (Lipinski definition) is 0. The second kappa shape index (κ2) is 5.06. The minimum atomic E-state index is -0.591. The van der Waals surface area contributed by atoms with E-state index in [1.165, 1.54) is 18.8 Å². The average Bonchev–Trinajstić information content (AvgIpc) is 2.28. The number of rotatable bonds is 3. The van der Waals surface area contributed by atoms with Crippen molar-refractivity contribution in [3.63, 3.8) is 0 Å². The molecule has 1 fully saturated rings. The van der Waals surface area contributed by atoms with Gasteiger partial charge in [-0.05, 0) is 0 Å². The molecule has 0 saturated carbocycles. The first kappa shape index (κ1) is 13.3. The summed E-state index contributed by atoms with van der Waals surface area (Å²) in [4.78, 5) is -0.591. The predicted molar refractivity (Wildman–Crippen MR) is 56.7 cm³/mol. The maximum atomic E-state index is 6.35. The van der Waals surface area contributed by atoms with Crippen LogP contribution in [0.1, 0.15) is 20.3 Å². The van der Waals surface area contributed by atoms with Gasteiger partial charge in [0.05, 0.1) is 0 Å². The molecule has 1 heterocycles. The summed E-state index contributed by atoms with van der Waals surface area (Å²) < 4.78 is 11.4. The van der Waals surface area contributed by atoms with E-state index in [1.54, 1.807) is 0 Å². The standard InChI is InChI=1S/C8H14BClO2P.W/c1-4-5-6(12-13-3)8(2,10)7(9)11-5;/h5-7H,4H2,1-3H3;/q-1;+2/t5-,6-,7-,8-;/m1./s1. The molecule has 0 N–H and O–H groups in total. The molecule has 0 amide bonds. The van der Waals surface area contributed by atoms with Crippen LogP contribution in [0.25, 0.3) is 0 Å². The van der Waals surface area contributed by atoms with Crippen LogP contribution < -0.4 is 0 Å². The normalized spacial score (nSPS) is 44.0. The molecule has 1 unspecified atom stereocenters. The Balaban J connectivity index is 2.80. The van der Waals surface area contributed by atoms with Gasteiger partial charge < -0.3 is 0 Å². The molecule has 0 bridgehead atoms. The fourth-order valence-corrected chi connectivity index (χ4v) is 3.53. The van der Waals surface area contributed by atoms with Crippen LogP contribution in [-0.2, 0) is 28.1 Å². The first-order valence-electron chi connectivity index (χ1n) is 4.57. The molecule has 2 nitrogen and oxygen atoms in total. The Bertz CT molecular complexity index is 239. The Morgan fingerprint density at radius 1 is 1.71 bits per heavy atom. The zero-order valence-electron chi connectivity index (χ0n) is 8.57. The Hall–Kier alpha value is 1.26. The second-order valence-corrected chi connectivity index (χ2v) is 11.1. The molecule has 78 valence electrons. The van der Waals surface area contributed by atoms with Crippen molar-refractivity contribution in [3.05, 3.63) is 0 Å². The molecule has 0 aromatic rings. The van der Waals surface area contributed by atoms with E-state index in [-0.39, 0.29) is 18.0 Å². The molecule has 0 aromatic heterocycles. The molecular formula is C8H14BClO2PW+. The van der Waals surface area contributed by atoms with Gasteiger partial charge in [-0.2, -0.15) is 0 Å². The summed E-state index contributed by atoms with van der Waals surface area (Å²) >= 11 is 7.80. The third kappa shape index (κ3) is 2.68. The van der Waals surface area contributed by atoms with Crippen LogP contribution in [0.3, 0.4) is 0 Å². The van der Waals surface area contributed by atoms with Crippen LogP contribution in [-0.4, -0.2) is 37.6 Å². The van der Waals surface area contributed by atoms with E-state index in [1.807, 2.05) is 6.92 Å². The van der Waals surface area contributed by atoms with Gasteiger partial charge in [0, 0.05) is 0 Å². The van der Waals surface area contributed by atoms with Crippen molar-refractivity contribution in [1.29, 1.82) is 0 Å². The SMILES string of the molecule is [B][C@@H]1O[C@H](CC)[C@@H](O[P+](C)=[W])[C@@]1(C)Cl. The van der Waals surface area contributed by atoms with Crippen LogP contribution >= 0.6 is 17.4 Å². The van der Waals surface area contributed by atoms with Crippen LogP contribution in [0.5, 0.6) is 0 Å². The molecule has 1 aliphatic rings. The quantitative estimate of drug-likeness (QED) is 0.409. The van der Waals surface area contributed by atoms with Gasteiger partial charge in [0.15, 0.2) is 0 Å². The molecule has 2 radical (unpaired) electrons. The van der Waals surface area contributed by atoms with Gasteiger partial charge in [-0.1, -0.05) is 0 Å². The minimum absolute atomic E-state index is 0.0387. The van der Waals surface area contributed by atoms with E-state index in [2.05, 4.69) is 13.6 Å². The average molecular weight is 403 g/mol. The van der Waals surface area contributed by atoms with Gasteiger partial charge in [-0.3, -0.25) is 0 Å². The summed E-state index contributed by atoms with van der Waals surface area (Å²) in [6.45, 7) is 6.05. The summed E-state index contributed by atoms with van der Waals surface area (Å²) in [5.74, 6) is -0.358. The van der Waals surface area contributed by atoms with Crippen molar-refractivity contribution in [1.82, 2.24) is 0 Å². The molecule has 0 spiro atoms. The van der Waals surface area contributed by atoms with Crippen molar-refractivity contribution in [3.8, 4) is 0 Å². The van der Waals surface area contributed by atoms with E-state index in [9.17, 15) is 0 Å². The molecule has 6 heteroatoms. The van der Waals surface area contributed by atoms with Crippen molar-refractivity contribution < 1.29 is 28.1 Å². The number of alkyl halides is 1. The monoisotopic (exact) mass is 403 g/mol. The van der Waals surface area contributed by atoms with Crippen LogP contribution in [0.2, 0.25) is 0 Å². The molecule has 1 aliphatic heterocycles. The zero-order chi connectivity index (χ0) is 10.9. The summed E-state index contributed by atoms with van der Waals surface area (Å²) in [5, 5.41) is 0. The fourth-order valence-electron chi connectivity index (χ4n) is 1.56. The molecular weight excluding hydrogens is 389 g/mol. The second-order valence-electron chi connectivity index (χ2n) is 3.62. The summed E-state index contributed by atoms with van der Waals surface area (Å²) in [7, 11) is 5.82. The zero-order valence-corrected chi connectivity index (χ0v) is 13.2. The van der Waals surface area contributed by atoms with Gasteiger partial charge in [0.2, 0.25) is 0 Å². The summed E-state index contributed by atoms with van der Waals surface area (Å²) in [6, 6.07) is -0.427. The van der Waals surface area contributed by atoms with Crippen LogP contribution in [0, 0.1) is 0 Å². The van der Waals surface area contributed by atoms with Crippen molar-refractivity contribution in [2.24, 2.45) is 0 Å². The first-order valence-corrected chi connectivity index (χ1v) is 10.5. The van der Waals surface area contributed by atoms with E-state index >= 15 is 0 Å². The van der Waals surface area contributed by atoms with Gasteiger partial charge in [-0.25, -0.2) is 0 Å². The predicted octanol–water partition coefficient (Wildman–Crippen LogP) is 2.16. The summed E-state index contributed by atoms with van der Waals surface area (Å²) in [6.07, 6.45) is 0.855. The molecule has 1 saturated heterocycles. The third-order valence-corrected chi connectivity index (χ3v) is 4.32. The Labute approximate surface area is 103 Å². The first-order chi connectivity index (χ1) is 6.39.